The number of carboxylic acid groups (broad SMARTS) is 1. The van der Waals surface area contributed by atoms with E-state index < -0.39 is 5.97 Å². The number of aryl methyl sites for hydroxylation is 1. The fourth-order valence-electron chi connectivity index (χ4n) is 1.67. The lowest BCUT2D eigenvalue weighted by molar-refractivity contribution is -0.141. The quantitative estimate of drug-likeness (QED) is 0.832. The third-order valence-corrected chi connectivity index (χ3v) is 2.74. The van der Waals surface area contributed by atoms with Crippen LogP contribution in [0, 0.1) is 5.92 Å². The van der Waals surface area contributed by atoms with E-state index in [0.29, 0.717) is 6.42 Å². The molecule has 0 saturated carbocycles. The van der Waals surface area contributed by atoms with E-state index in [0.717, 1.165) is 23.3 Å². The van der Waals surface area contributed by atoms with Crippen molar-refractivity contribution >= 4 is 5.97 Å². The van der Waals surface area contributed by atoms with Crippen LogP contribution in [0.4, 0.5) is 0 Å². The van der Waals surface area contributed by atoms with Crippen molar-refractivity contribution in [2.75, 3.05) is 7.11 Å². The molecule has 1 aromatic carbocycles. The van der Waals surface area contributed by atoms with Gasteiger partial charge in [0.25, 0.3) is 0 Å². The second-order valence-corrected chi connectivity index (χ2v) is 3.93. The molecule has 3 nitrogen and oxygen atoms in total. The minimum absolute atomic E-state index is 0.348. The van der Waals surface area contributed by atoms with Gasteiger partial charge in [-0.2, -0.15) is 0 Å². The van der Waals surface area contributed by atoms with E-state index in [9.17, 15) is 4.79 Å². The van der Waals surface area contributed by atoms with E-state index in [1.54, 1.807) is 14.0 Å². The highest BCUT2D eigenvalue weighted by Crippen LogP contribution is 2.21. The number of ether oxygens (including phenoxy) is 1. The zero-order valence-corrected chi connectivity index (χ0v) is 9.99. The van der Waals surface area contributed by atoms with Crippen molar-refractivity contribution in [2.24, 2.45) is 5.92 Å². The number of hydrogen-bond donors (Lipinski definition) is 1. The molecule has 0 aliphatic heterocycles. The molecule has 0 fully saturated rings. The highest BCUT2D eigenvalue weighted by Gasteiger charge is 2.13. The number of carboxylic acids is 1. The summed E-state index contributed by atoms with van der Waals surface area (Å²) in [4.78, 5) is 10.8. The van der Waals surface area contributed by atoms with E-state index in [2.05, 4.69) is 6.92 Å². The van der Waals surface area contributed by atoms with Gasteiger partial charge >= 0.3 is 5.97 Å². The van der Waals surface area contributed by atoms with Crippen molar-refractivity contribution < 1.29 is 14.6 Å². The van der Waals surface area contributed by atoms with Crippen molar-refractivity contribution in [3.05, 3.63) is 29.3 Å². The van der Waals surface area contributed by atoms with E-state index >= 15 is 0 Å². The van der Waals surface area contributed by atoms with E-state index in [1.165, 1.54) is 0 Å². The second kappa shape index (κ2) is 5.54. The third kappa shape index (κ3) is 2.99. The lowest BCUT2D eigenvalue weighted by Gasteiger charge is -2.12. The largest absolute Gasteiger partial charge is 0.497 e. The molecule has 3 heteroatoms. The molecule has 1 N–H and O–H groups in total. The number of methoxy groups -OCH3 is 1. The fraction of sp³-hybridized carbons (Fsp3) is 0.462. The summed E-state index contributed by atoms with van der Waals surface area (Å²) in [6, 6.07) is 5.81. The van der Waals surface area contributed by atoms with Gasteiger partial charge in [-0.25, -0.2) is 0 Å². The Morgan fingerprint density at radius 2 is 2.12 bits per heavy atom. The second-order valence-electron chi connectivity index (χ2n) is 3.93. The Labute approximate surface area is 96.1 Å². The molecule has 0 unspecified atom stereocenters. The lowest BCUT2D eigenvalue weighted by Crippen LogP contribution is -2.13. The Hall–Kier alpha value is -1.51. The molecular formula is C13H18O3. The Morgan fingerprint density at radius 1 is 1.44 bits per heavy atom. The Bertz CT molecular complexity index is 371. The van der Waals surface area contributed by atoms with Gasteiger partial charge in [0, 0.05) is 0 Å². The molecule has 0 aromatic heterocycles. The van der Waals surface area contributed by atoms with Crippen molar-refractivity contribution in [1.29, 1.82) is 0 Å². The first-order chi connectivity index (χ1) is 7.58. The molecule has 0 bridgehead atoms. The minimum Gasteiger partial charge on any atom is -0.497 e. The molecule has 16 heavy (non-hydrogen) atoms. The van der Waals surface area contributed by atoms with Gasteiger partial charge in [0.1, 0.15) is 5.75 Å². The van der Waals surface area contributed by atoms with Crippen LogP contribution >= 0.6 is 0 Å². The van der Waals surface area contributed by atoms with Crippen molar-refractivity contribution in [2.45, 2.75) is 26.7 Å². The molecule has 0 heterocycles. The predicted octanol–water partition coefficient (Wildman–Crippen LogP) is 2.52. The maximum absolute atomic E-state index is 10.8. The van der Waals surface area contributed by atoms with Crippen molar-refractivity contribution in [3.63, 3.8) is 0 Å². The topological polar surface area (TPSA) is 46.5 Å². The highest BCUT2D eigenvalue weighted by atomic mass is 16.5. The van der Waals surface area contributed by atoms with Crippen LogP contribution in [0.15, 0.2) is 18.2 Å². The summed E-state index contributed by atoms with van der Waals surface area (Å²) in [5, 5.41) is 8.88. The molecule has 88 valence electrons. The molecule has 0 spiro atoms. The SMILES string of the molecule is CCc1cc(OC)ccc1C[C@H](C)C(=O)O. The molecule has 0 aliphatic rings. The Morgan fingerprint density at radius 3 is 2.62 bits per heavy atom. The maximum Gasteiger partial charge on any atom is 0.306 e. The molecule has 0 radical (unpaired) electrons. The van der Waals surface area contributed by atoms with Gasteiger partial charge in [-0.05, 0) is 36.1 Å². The number of benzene rings is 1. The van der Waals surface area contributed by atoms with Crippen molar-refractivity contribution in [1.82, 2.24) is 0 Å². The average molecular weight is 222 g/mol. The molecule has 0 saturated heterocycles. The summed E-state index contributed by atoms with van der Waals surface area (Å²) < 4.78 is 5.15. The summed E-state index contributed by atoms with van der Waals surface area (Å²) in [5.41, 5.74) is 2.26. The molecule has 1 atom stereocenters. The highest BCUT2D eigenvalue weighted by molar-refractivity contribution is 5.70. The zero-order valence-electron chi connectivity index (χ0n) is 9.99. The first-order valence-electron chi connectivity index (χ1n) is 5.47. The first kappa shape index (κ1) is 12.6. The maximum atomic E-state index is 10.8. The Kier molecular flexibility index (Phi) is 4.35. The van der Waals surface area contributed by atoms with Crippen LogP contribution in [0.5, 0.6) is 5.75 Å². The van der Waals surface area contributed by atoms with E-state index in [-0.39, 0.29) is 5.92 Å². The van der Waals surface area contributed by atoms with Gasteiger partial charge in [0.2, 0.25) is 0 Å². The van der Waals surface area contributed by atoms with E-state index in [1.807, 2.05) is 18.2 Å². The molecular weight excluding hydrogens is 204 g/mol. The third-order valence-electron chi connectivity index (χ3n) is 2.74. The summed E-state index contributed by atoms with van der Waals surface area (Å²) in [5.74, 6) is -0.278. The summed E-state index contributed by atoms with van der Waals surface area (Å²) >= 11 is 0. The van der Waals surface area contributed by atoms with Crippen LogP contribution in [0.2, 0.25) is 0 Å². The van der Waals surface area contributed by atoms with Crippen LogP contribution < -0.4 is 4.74 Å². The summed E-state index contributed by atoms with van der Waals surface area (Å²) in [7, 11) is 1.63. The zero-order chi connectivity index (χ0) is 12.1. The van der Waals surface area contributed by atoms with Gasteiger partial charge in [0.05, 0.1) is 13.0 Å². The normalized spacial score (nSPS) is 12.2. The Balaban J connectivity index is 2.91. The van der Waals surface area contributed by atoms with Crippen LogP contribution in [0.25, 0.3) is 0 Å². The summed E-state index contributed by atoms with van der Waals surface area (Å²) in [6.07, 6.45) is 1.46. The monoisotopic (exact) mass is 222 g/mol. The lowest BCUT2D eigenvalue weighted by atomic mass is 9.95. The predicted molar refractivity (Wildman–Crippen MR) is 62.9 cm³/mol. The van der Waals surface area contributed by atoms with Gasteiger partial charge in [-0.15, -0.1) is 0 Å². The summed E-state index contributed by atoms with van der Waals surface area (Å²) in [6.45, 7) is 3.79. The smallest absolute Gasteiger partial charge is 0.306 e. The van der Waals surface area contributed by atoms with Crippen LogP contribution in [0.1, 0.15) is 25.0 Å². The van der Waals surface area contributed by atoms with Gasteiger partial charge < -0.3 is 9.84 Å². The average Bonchev–Trinajstić information content (AvgIpc) is 2.29. The van der Waals surface area contributed by atoms with Gasteiger partial charge in [0.15, 0.2) is 0 Å². The standard InChI is InChI=1S/C13H18O3/c1-4-10-8-12(16-3)6-5-11(10)7-9(2)13(14)15/h5-6,8-9H,4,7H2,1-3H3,(H,14,15)/t9-/m0/s1. The van der Waals surface area contributed by atoms with Crippen LogP contribution in [-0.2, 0) is 17.6 Å². The fourth-order valence-corrected chi connectivity index (χ4v) is 1.67. The number of rotatable bonds is 5. The van der Waals surface area contributed by atoms with Crippen LogP contribution in [0.3, 0.4) is 0 Å². The first-order valence-corrected chi connectivity index (χ1v) is 5.47. The molecule has 0 aliphatic carbocycles. The molecule has 0 amide bonds. The molecule has 1 rings (SSSR count). The van der Waals surface area contributed by atoms with Crippen LogP contribution in [-0.4, -0.2) is 18.2 Å². The van der Waals surface area contributed by atoms with Gasteiger partial charge in [-0.3, -0.25) is 4.79 Å². The number of carbonyl (C=O) groups is 1. The van der Waals surface area contributed by atoms with E-state index in [4.69, 9.17) is 9.84 Å². The minimum atomic E-state index is -0.752. The number of aliphatic carboxylic acids is 1. The van der Waals surface area contributed by atoms with Gasteiger partial charge in [-0.1, -0.05) is 19.9 Å². The molecule has 1 aromatic rings. The van der Waals surface area contributed by atoms with Crippen molar-refractivity contribution in [3.8, 4) is 5.75 Å². The number of hydrogen-bond acceptors (Lipinski definition) is 2.